The van der Waals surface area contributed by atoms with E-state index in [9.17, 15) is 0 Å². The van der Waals surface area contributed by atoms with Gasteiger partial charge in [0.2, 0.25) is 0 Å². The van der Waals surface area contributed by atoms with E-state index in [1.54, 1.807) is 0 Å². The Morgan fingerprint density at radius 2 is 2.27 bits per heavy atom. The average molecular weight is 205 g/mol. The van der Waals surface area contributed by atoms with Gasteiger partial charge in [0.1, 0.15) is 5.82 Å². The molecule has 0 radical (unpaired) electrons. The minimum Gasteiger partial charge on any atom is -0.373 e. The highest BCUT2D eigenvalue weighted by Gasteiger charge is 2.19. The Bertz CT molecular complexity index is 307. The average Bonchev–Trinajstić information content (AvgIpc) is 2.29. The normalized spacial score (nSPS) is 26.3. The molecule has 0 bridgehead atoms. The van der Waals surface area contributed by atoms with Crippen LogP contribution in [0.2, 0.25) is 0 Å². The van der Waals surface area contributed by atoms with Crippen molar-refractivity contribution in [1.82, 2.24) is 10.3 Å². The third-order valence-electron chi connectivity index (χ3n) is 3.06. The molecule has 1 aliphatic heterocycles. The summed E-state index contributed by atoms with van der Waals surface area (Å²) in [6, 6.07) is 5.32. The van der Waals surface area contributed by atoms with Crippen LogP contribution in [0.25, 0.3) is 0 Å². The fourth-order valence-electron chi connectivity index (χ4n) is 2.16. The fraction of sp³-hybridized carbons (Fsp3) is 0.583. The highest BCUT2D eigenvalue weighted by atomic mass is 15.0. The summed E-state index contributed by atoms with van der Waals surface area (Å²) in [5.74, 6) is 0.933. The molecular weight excluding hydrogens is 186 g/mol. The van der Waals surface area contributed by atoms with Crippen molar-refractivity contribution in [2.75, 3.05) is 12.4 Å². The fourth-order valence-corrected chi connectivity index (χ4v) is 2.16. The number of piperidine rings is 1. The van der Waals surface area contributed by atoms with Crippen molar-refractivity contribution in [3.63, 3.8) is 0 Å². The van der Waals surface area contributed by atoms with E-state index in [1.807, 2.05) is 19.3 Å². The smallest absolute Gasteiger partial charge is 0.125 e. The lowest BCUT2D eigenvalue weighted by molar-refractivity contribution is 0.341. The van der Waals surface area contributed by atoms with Crippen molar-refractivity contribution >= 4 is 5.82 Å². The quantitative estimate of drug-likeness (QED) is 0.778. The zero-order chi connectivity index (χ0) is 10.7. The second-order valence-corrected chi connectivity index (χ2v) is 4.28. The Morgan fingerprint density at radius 1 is 1.40 bits per heavy atom. The standard InChI is InChI=1S/C12H19N3/c1-9-4-3-5-11(15-9)10-6-7-12(13-2)14-8-10/h6-9,11,15H,3-5H2,1-2H3,(H,13,14). The molecule has 0 aliphatic carbocycles. The van der Waals surface area contributed by atoms with Crippen molar-refractivity contribution in [3.8, 4) is 0 Å². The van der Waals surface area contributed by atoms with Gasteiger partial charge in [-0.3, -0.25) is 0 Å². The van der Waals surface area contributed by atoms with E-state index in [2.05, 4.69) is 28.6 Å². The van der Waals surface area contributed by atoms with E-state index in [-0.39, 0.29) is 0 Å². The van der Waals surface area contributed by atoms with Crippen LogP contribution in [0.5, 0.6) is 0 Å². The minimum absolute atomic E-state index is 0.493. The molecule has 2 rings (SSSR count). The number of hydrogen-bond acceptors (Lipinski definition) is 3. The summed E-state index contributed by atoms with van der Waals surface area (Å²) in [4.78, 5) is 4.35. The van der Waals surface area contributed by atoms with Gasteiger partial charge in [-0.1, -0.05) is 12.5 Å². The van der Waals surface area contributed by atoms with Crippen LogP contribution in [-0.2, 0) is 0 Å². The lowest BCUT2D eigenvalue weighted by atomic mass is 9.95. The molecule has 3 heteroatoms. The van der Waals surface area contributed by atoms with Crippen molar-refractivity contribution in [2.24, 2.45) is 0 Å². The van der Waals surface area contributed by atoms with Crippen molar-refractivity contribution in [2.45, 2.75) is 38.3 Å². The second kappa shape index (κ2) is 4.62. The van der Waals surface area contributed by atoms with Gasteiger partial charge in [-0.2, -0.15) is 0 Å². The van der Waals surface area contributed by atoms with Crippen LogP contribution in [0.15, 0.2) is 18.3 Å². The Morgan fingerprint density at radius 3 is 2.87 bits per heavy atom. The number of pyridine rings is 1. The number of nitrogens with one attached hydrogen (secondary N) is 2. The number of nitrogens with zero attached hydrogens (tertiary/aromatic N) is 1. The molecule has 1 aromatic heterocycles. The maximum absolute atomic E-state index is 4.35. The number of hydrogen-bond donors (Lipinski definition) is 2. The Balaban J connectivity index is 2.07. The summed E-state index contributed by atoms with van der Waals surface area (Å²) in [7, 11) is 1.89. The maximum Gasteiger partial charge on any atom is 0.125 e. The molecule has 82 valence electrons. The van der Waals surface area contributed by atoms with Crippen LogP contribution < -0.4 is 10.6 Å². The number of aromatic nitrogens is 1. The van der Waals surface area contributed by atoms with Crippen LogP contribution in [0, 0.1) is 0 Å². The van der Waals surface area contributed by atoms with Crippen molar-refractivity contribution in [1.29, 1.82) is 0 Å². The van der Waals surface area contributed by atoms with E-state index in [1.165, 1.54) is 24.8 Å². The molecule has 2 atom stereocenters. The predicted molar refractivity (Wildman–Crippen MR) is 63.0 cm³/mol. The highest BCUT2D eigenvalue weighted by Crippen LogP contribution is 2.25. The van der Waals surface area contributed by atoms with Gasteiger partial charge in [-0.25, -0.2) is 4.98 Å². The highest BCUT2D eigenvalue weighted by molar-refractivity contribution is 5.35. The van der Waals surface area contributed by atoms with E-state index < -0.39 is 0 Å². The molecule has 1 aromatic rings. The molecule has 0 spiro atoms. The summed E-state index contributed by atoms with van der Waals surface area (Å²) in [5, 5.41) is 6.64. The van der Waals surface area contributed by atoms with E-state index >= 15 is 0 Å². The molecule has 2 unspecified atom stereocenters. The van der Waals surface area contributed by atoms with E-state index in [4.69, 9.17) is 0 Å². The largest absolute Gasteiger partial charge is 0.373 e. The summed E-state index contributed by atoms with van der Waals surface area (Å²) in [6.07, 6.45) is 5.80. The molecule has 0 saturated carbocycles. The molecule has 1 saturated heterocycles. The lowest BCUT2D eigenvalue weighted by Gasteiger charge is -2.28. The van der Waals surface area contributed by atoms with Crippen LogP contribution in [0.3, 0.4) is 0 Å². The van der Waals surface area contributed by atoms with Gasteiger partial charge in [0.15, 0.2) is 0 Å². The van der Waals surface area contributed by atoms with Crippen LogP contribution in [0.4, 0.5) is 5.82 Å². The van der Waals surface area contributed by atoms with Crippen LogP contribution in [-0.4, -0.2) is 18.1 Å². The third kappa shape index (κ3) is 2.48. The molecule has 1 aliphatic rings. The first-order valence-corrected chi connectivity index (χ1v) is 5.69. The summed E-state index contributed by atoms with van der Waals surface area (Å²) in [6.45, 7) is 2.25. The summed E-state index contributed by atoms with van der Waals surface area (Å²) < 4.78 is 0. The Kier molecular flexibility index (Phi) is 3.21. The van der Waals surface area contributed by atoms with E-state index in [0.29, 0.717) is 12.1 Å². The molecule has 1 fully saturated rings. The SMILES string of the molecule is CNc1ccc(C2CCCC(C)N2)cn1. The number of rotatable bonds is 2. The van der Waals surface area contributed by atoms with Gasteiger partial charge in [0.05, 0.1) is 0 Å². The number of anilines is 1. The second-order valence-electron chi connectivity index (χ2n) is 4.28. The minimum atomic E-state index is 0.493. The first-order chi connectivity index (χ1) is 7.29. The van der Waals surface area contributed by atoms with Gasteiger partial charge in [0.25, 0.3) is 0 Å². The first kappa shape index (κ1) is 10.4. The molecule has 0 amide bonds. The predicted octanol–water partition coefficient (Wildman–Crippen LogP) is 2.33. The topological polar surface area (TPSA) is 37.0 Å². The molecule has 15 heavy (non-hydrogen) atoms. The zero-order valence-corrected chi connectivity index (χ0v) is 9.46. The molecular formula is C12H19N3. The maximum atomic E-state index is 4.35. The first-order valence-electron chi connectivity index (χ1n) is 5.69. The van der Waals surface area contributed by atoms with Gasteiger partial charge in [-0.15, -0.1) is 0 Å². The van der Waals surface area contributed by atoms with Gasteiger partial charge >= 0.3 is 0 Å². The van der Waals surface area contributed by atoms with Gasteiger partial charge in [0, 0.05) is 25.3 Å². The van der Waals surface area contributed by atoms with Crippen molar-refractivity contribution in [3.05, 3.63) is 23.9 Å². The van der Waals surface area contributed by atoms with Crippen LogP contribution in [0.1, 0.15) is 37.8 Å². The summed E-state index contributed by atoms with van der Waals surface area (Å²) >= 11 is 0. The molecule has 3 nitrogen and oxygen atoms in total. The third-order valence-corrected chi connectivity index (χ3v) is 3.06. The van der Waals surface area contributed by atoms with Crippen molar-refractivity contribution < 1.29 is 0 Å². The van der Waals surface area contributed by atoms with Gasteiger partial charge in [-0.05, 0) is 31.4 Å². The molecule has 0 aromatic carbocycles. The Hall–Kier alpha value is -1.09. The lowest BCUT2D eigenvalue weighted by Crippen LogP contribution is -2.34. The molecule has 2 N–H and O–H groups in total. The van der Waals surface area contributed by atoms with Gasteiger partial charge < -0.3 is 10.6 Å². The molecule has 2 heterocycles. The Labute approximate surface area is 91.3 Å². The summed E-state index contributed by atoms with van der Waals surface area (Å²) in [5.41, 5.74) is 1.31. The monoisotopic (exact) mass is 205 g/mol. The van der Waals surface area contributed by atoms with Crippen LogP contribution >= 0.6 is 0 Å². The van der Waals surface area contributed by atoms with E-state index in [0.717, 1.165) is 5.82 Å². The zero-order valence-electron chi connectivity index (χ0n) is 9.46.